The summed E-state index contributed by atoms with van der Waals surface area (Å²) in [5.74, 6) is -0.172. The minimum atomic E-state index is -0.720. The predicted octanol–water partition coefficient (Wildman–Crippen LogP) is 0.705. The fourth-order valence-electron chi connectivity index (χ4n) is 2.68. The van der Waals surface area contributed by atoms with Crippen LogP contribution in [0.1, 0.15) is 18.4 Å². The number of primary amides is 1. The molecule has 1 fully saturated rings. The molecule has 0 radical (unpaired) electrons. The number of nitrogens with zero attached hydrogens (tertiary/aromatic N) is 1. The molecule has 1 aliphatic rings. The number of carbonyl (C=O) groups is 3. The largest absolute Gasteiger partial charge is 0.352 e. The van der Waals surface area contributed by atoms with Crippen LogP contribution in [0.4, 0.5) is 4.79 Å². The molecule has 3 amide bonds. The van der Waals surface area contributed by atoms with Crippen molar-refractivity contribution in [2.75, 3.05) is 19.6 Å². The summed E-state index contributed by atoms with van der Waals surface area (Å²) in [6.45, 7) is 0.925. The van der Waals surface area contributed by atoms with Crippen molar-refractivity contribution >= 4 is 17.7 Å². The maximum Gasteiger partial charge on any atom is 0.312 e. The monoisotopic (exact) mass is 303 g/mol. The number of likely N-dealkylation sites (tertiary alicyclic amines) is 1. The van der Waals surface area contributed by atoms with Crippen molar-refractivity contribution in [3.63, 3.8) is 0 Å². The lowest BCUT2D eigenvalue weighted by Crippen LogP contribution is -2.47. The molecule has 22 heavy (non-hydrogen) atoms. The first-order valence-electron chi connectivity index (χ1n) is 7.44. The summed E-state index contributed by atoms with van der Waals surface area (Å²) in [6, 6.07) is 8.88. The molecule has 1 atom stereocenters. The molecule has 0 spiro atoms. The molecule has 0 bridgehead atoms. The van der Waals surface area contributed by atoms with Crippen LogP contribution in [0.5, 0.6) is 0 Å². The van der Waals surface area contributed by atoms with Gasteiger partial charge in [-0.25, -0.2) is 4.79 Å². The molecule has 2 rings (SSSR count). The quantitative estimate of drug-likeness (QED) is 0.839. The van der Waals surface area contributed by atoms with Gasteiger partial charge in [-0.3, -0.25) is 9.59 Å². The first-order chi connectivity index (χ1) is 10.6. The van der Waals surface area contributed by atoms with Crippen molar-refractivity contribution < 1.29 is 14.4 Å². The van der Waals surface area contributed by atoms with E-state index in [-0.39, 0.29) is 24.2 Å². The lowest BCUT2D eigenvalue weighted by molar-refractivity contribution is -0.134. The molecule has 6 heteroatoms. The Hall–Kier alpha value is -2.37. The molecule has 1 unspecified atom stereocenters. The van der Waals surface area contributed by atoms with Gasteiger partial charge in [-0.05, 0) is 18.4 Å². The second-order valence-corrected chi connectivity index (χ2v) is 5.53. The van der Waals surface area contributed by atoms with Crippen molar-refractivity contribution in [1.82, 2.24) is 10.2 Å². The Kier molecular flexibility index (Phi) is 5.52. The van der Waals surface area contributed by atoms with Crippen LogP contribution >= 0.6 is 0 Å². The van der Waals surface area contributed by atoms with Crippen LogP contribution in [0.15, 0.2) is 30.3 Å². The number of ketones is 1. The van der Waals surface area contributed by atoms with Crippen LogP contribution in [0.2, 0.25) is 0 Å². The summed E-state index contributed by atoms with van der Waals surface area (Å²) in [5, 5.41) is 2.29. The second-order valence-electron chi connectivity index (χ2n) is 5.53. The van der Waals surface area contributed by atoms with E-state index in [4.69, 9.17) is 5.73 Å². The van der Waals surface area contributed by atoms with E-state index in [1.54, 1.807) is 4.90 Å². The molecule has 1 aliphatic heterocycles. The van der Waals surface area contributed by atoms with Crippen molar-refractivity contribution in [1.29, 1.82) is 0 Å². The van der Waals surface area contributed by atoms with Gasteiger partial charge >= 0.3 is 6.03 Å². The maximum atomic E-state index is 12.4. The van der Waals surface area contributed by atoms with E-state index in [2.05, 4.69) is 5.32 Å². The summed E-state index contributed by atoms with van der Waals surface area (Å²) in [4.78, 5) is 36.6. The van der Waals surface area contributed by atoms with Gasteiger partial charge in [0, 0.05) is 25.4 Å². The van der Waals surface area contributed by atoms with Crippen LogP contribution < -0.4 is 11.1 Å². The summed E-state index contributed by atoms with van der Waals surface area (Å²) in [5.41, 5.74) is 5.95. The number of carbonyl (C=O) groups excluding carboxylic acids is 3. The fourth-order valence-corrected chi connectivity index (χ4v) is 2.68. The van der Waals surface area contributed by atoms with Gasteiger partial charge in [-0.15, -0.1) is 0 Å². The first-order valence-corrected chi connectivity index (χ1v) is 7.44. The number of nitrogens with two attached hydrogens (primary N) is 1. The third-order valence-electron chi connectivity index (χ3n) is 3.86. The summed E-state index contributed by atoms with van der Waals surface area (Å²) < 4.78 is 0. The lowest BCUT2D eigenvalue weighted by Gasteiger charge is -2.32. The van der Waals surface area contributed by atoms with E-state index >= 15 is 0 Å². The van der Waals surface area contributed by atoms with Gasteiger partial charge in [-0.1, -0.05) is 30.3 Å². The Labute approximate surface area is 129 Å². The zero-order valence-electron chi connectivity index (χ0n) is 12.5. The zero-order chi connectivity index (χ0) is 15.9. The second kappa shape index (κ2) is 7.59. The van der Waals surface area contributed by atoms with E-state index in [1.165, 1.54) is 0 Å². The van der Waals surface area contributed by atoms with Crippen molar-refractivity contribution in [2.24, 2.45) is 11.7 Å². The first kappa shape index (κ1) is 16.0. The maximum absolute atomic E-state index is 12.4. The lowest BCUT2D eigenvalue weighted by atomic mass is 9.90. The Bertz CT molecular complexity index is 545. The molecule has 1 heterocycles. The normalized spacial score (nSPS) is 17.8. The van der Waals surface area contributed by atoms with Crippen molar-refractivity contribution in [2.45, 2.75) is 19.3 Å². The Morgan fingerprint density at radius 1 is 1.23 bits per heavy atom. The number of benzene rings is 1. The van der Waals surface area contributed by atoms with Crippen LogP contribution in [-0.2, 0) is 16.0 Å². The van der Waals surface area contributed by atoms with Gasteiger partial charge in [0.25, 0.3) is 0 Å². The van der Waals surface area contributed by atoms with E-state index < -0.39 is 6.03 Å². The smallest absolute Gasteiger partial charge is 0.312 e. The van der Waals surface area contributed by atoms with Gasteiger partial charge in [0.1, 0.15) is 5.78 Å². The van der Waals surface area contributed by atoms with Gasteiger partial charge in [0.15, 0.2) is 0 Å². The Morgan fingerprint density at radius 2 is 1.95 bits per heavy atom. The van der Waals surface area contributed by atoms with E-state index in [0.29, 0.717) is 19.5 Å². The zero-order valence-corrected chi connectivity index (χ0v) is 12.5. The summed E-state index contributed by atoms with van der Waals surface area (Å²) >= 11 is 0. The highest BCUT2D eigenvalue weighted by atomic mass is 16.2. The number of hydrogen-bond donors (Lipinski definition) is 2. The molecule has 0 saturated carbocycles. The Morgan fingerprint density at radius 3 is 2.64 bits per heavy atom. The molecule has 1 saturated heterocycles. The minimum Gasteiger partial charge on any atom is -0.352 e. The molecular formula is C16H21N3O3. The average Bonchev–Trinajstić information content (AvgIpc) is 2.53. The number of hydrogen-bond acceptors (Lipinski definition) is 3. The average molecular weight is 303 g/mol. The van der Waals surface area contributed by atoms with E-state index in [9.17, 15) is 14.4 Å². The van der Waals surface area contributed by atoms with Gasteiger partial charge in [0.05, 0.1) is 6.54 Å². The highest BCUT2D eigenvalue weighted by Gasteiger charge is 2.28. The summed E-state index contributed by atoms with van der Waals surface area (Å²) in [6.07, 6.45) is 2.00. The number of urea groups is 1. The Balaban J connectivity index is 1.88. The molecule has 6 nitrogen and oxygen atoms in total. The van der Waals surface area contributed by atoms with Crippen LogP contribution in [-0.4, -0.2) is 42.3 Å². The topological polar surface area (TPSA) is 92.5 Å². The van der Waals surface area contributed by atoms with Gasteiger partial charge in [-0.2, -0.15) is 0 Å². The number of amides is 3. The van der Waals surface area contributed by atoms with Crippen molar-refractivity contribution in [3.05, 3.63) is 35.9 Å². The minimum absolute atomic E-state index is 0.116. The van der Waals surface area contributed by atoms with Crippen LogP contribution in [0, 0.1) is 5.92 Å². The predicted molar refractivity (Wildman–Crippen MR) is 82.0 cm³/mol. The molecular weight excluding hydrogens is 282 g/mol. The van der Waals surface area contributed by atoms with Crippen LogP contribution in [0.3, 0.4) is 0 Å². The number of rotatable bonds is 5. The van der Waals surface area contributed by atoms with Gasteiger partial charge < -0.3 is 16.0 Å². The van der Waals surface area contributed by atoms with Crippen LogP contribution in [0.25, 0.3) is 0 Å². The molecule has 1 aromatic rings. The number of Topliss-reactive ketones (excluding diaryl/α,β-unsaturated/α-hetero) is 1. The van der Waals surface area contributed by atoms with Crippen molar-refractivity contribution in [3.8, 4) is 0 Å². The fraction of sp³-hybridized carbons (Fsp3) is 0.438. The van der Waals surface area contributed by atoms with E-state index in [1.807, 2.05) is 30.3 Å². The van der Waals surface area contributed by atoms with E-state index in [0.717, 1.165) is 18.4 Å². The van der Waals surface area contributed by atoms with Gasteiger partial charge in [0.2, 0.25) is 5.91 Å². The number of nitrogens with one attached hydrogen (secondary N) is 1. The number of piperidine rings is 1. The highest BCUT2D eigenvalue weighted by molar-refractivity contribution is 5.86. The standard InChI is InChI=1S/C16H21N3O3/c17-16(22)18-10-15(21)19-8-4-7-13(11-19)14(20)9-12-5-2-1-3-6-12/h1-3,5-6,13H,4,7-11H2,(H3,17,18,22). The molecule has 0 aliphatic carbocycles. The molecule has 0 aromatic heterocycles. The molecule has 1 aromatic carbocycles. The third kappa shape index (κ3) is 4.58. The molecule has 3 N–H and O–H groups in total. The summed E-state index contributed by atoms with van der Waals surface area (Å²) in [7, 11) is 0. The third-order valence-corrected chi connectivity index (χ3v) is 3.86. The SMILES string of the molecule is NC(=O)NCC(=O)N1CCCC(C(=O)Cc2ccccc2)C1. The molecule has 118 valence electrons. The highest BCUT2D eigenvalue weighted by Crippen LogP contribution is 2.19.